The molecule has 0 N–H and O–H groups in total. The lowest BCUT2D eigenvalue weighted by Gasteiger charge is -2.21. The number of rotatable bonds is 3. The van der Waals surface area contributed by atoms with E-state index >= 15 is 0 Å². The third-order valence-electron chi connectivity index (χ3n) is 3.58. The summed E-state index contributed by atoms with van der Waals surface area (Å²) in [7, 11) is 3.88. The lowest BCUT2D eigenvalue weighted by Crippen LogP contribution is -2.19. The van der Waals surface area contributed by atoms with Gasteiger partial charge in [-0.25, -0.2) is 0 Å². The number of fused-ring (bicyclic) bond motifs is 2. The van der Waals surface area contributed by atoms with E-state index in [9.17, 15) is 4.79 Å². The molecular formula is C17H16N2OS. The predicted molar refractivity (Wildman–Crippen MR) is 91.6 cm³/mol. The maximum absolute atomic E-state index is 12.9. The molecule has 0 aliphatic rings. The normalized spacial score (nSPS) is 12.9. The molecule has 0 fully saturated rings. The second-order valence-corrected chi connectivity index (χ2v) is 6.25. The van der Waals surface area contributed by atoms with E-state index in [4.69, 9.17) is 0 Å². The van der Waals surface area contributed by atoms with Crippen LogP contribution >= 0.6 is 11.3 Å². The molecule has 0 aliphatic heterocycles. The monoisotopic (exact) mass is 296 g/mol. The van der Waals surface area contributed by atoms with E-state index < -0.39 is 0 Å². The highest BCUT2D eigenvalue weighted by atomic mass is 32.1. The highest BCUT2D eigenvalue weighted by Gasteiger charge is 2.17. The van der Waals surface area contributed by atoms with Crippen molar-refractivity contribution in [2.24, 2.45) is 4.99 Å². The summed E-state index contributed by atoms with van der Waals surface area (Å²) in [5.41, 5.74) is 0.991. The molecule has 1 aromatic heterocycles. The molecule has 1 heterocycles. The summed E-state index contributed by atoms with van der Waals surface area (Å²) < 4.78 is 2.01. The van der Waals surface area contributed by atoms with Crippen molar-refractivity contribution in [1.29, 1.82) is 0 Å². The molecule has 0 saturated carbocycles. The van der Waals surface area contributed by atoms with Crippen LogP contribution in [0.3, 0.4) is 0 Å². The summed E-state index contributed by atoms with van der Waals surface area (Å²) in [5, 5.41) is 1.52. The van der Waals surface area contributed by atoms with E-state index in [1.54, 1.807) is 11.3 Å². The van der Waals surface area contributed by atoms with Crippen LogP contribution in [0.25, 0.3) is 20.2 Å². The minimum atomic E-state index is -0.213. The van der Waals surface area contributed by atoms with E-state index in [0.29, 0.717) is 0 Å². The first-order valence-electron chi connectivity index (χ1n) is 6.70. The zero-order valence-corrected chi connectivity index (χ0v) is 12.9. The summed E-state index contributed by atoms with van der Waals surface area (Å²) >= 11 is 1.64. The Morgan fingerprint density at radius 2 is 1.81 bits per heavy atom. The minimum absolute atomic E-state index is 0.0745. The Balaban J connectivity index is 2.45. The number of aliphatic imine (C=N–C) groups is 1. The Hall–Kier alpha value is -2.04. The molecule has 3 rings (SSSR count). The Bertz CT molecular complexity index is 883. The van der Waals surface area contributed by atoms with Crippen molar-refractivity contribution in [3.63, 3.8) is 0 Å². The molecular weight excluding hydrogens is 280 g/mol. The molecule has 0 saturated heterocycles. The van der Waals surface area contributed by atoms with E-state index in [2.05, 4.69) is 11.7 Å². The van der Waals surface area contributed by atoms with E-state index in [1.807, 2.05) is 61.5 Å². The van der Waals surface area contributed by atoms with Crippen LogP contribution < -0.4 is 5.43 Å². The number of hydrogen-bond acceptors (Lipinski definition) is 4. The fourth-order valence-electron chi connectivity index (χ4n) is 2.63. The van der Waals surface area contributed by atoms with Gasteiger partial charge >= 0.3 is 0 Å². The van der Waals surface area contributed by atoms with Gasteiger partial charge in [-0.05, 0) is 39.0 Å². The van der Waals surface area contributed by atoms with Crippen LogP contribution in [-0.2, 0) is 0 Å². The molecule has 4 heteroatoms. The SMILES string of the molecule is C=NC(c1cccc2sc3ccccc3c(=O)c12)N(C)C. The first-order valence-corrected chi connectivity index (χ1v) is 7.52. The summed E-state index contributed by atoms with van der Waals surface area (Å²) in [6.07, 6.45) is -0.213. The molecule has 0 radical (unpaired) electrons. The molecule has 1 unspecified atom stereocenters. The quantitative estimate of drug-likeness (QED) is 0.545. The first-order chi connectivity index (χ1) is 10.1. The van der Waals surface area contributed by atoms with Gasteiger partial charge in [0.25, 0.3) is 0 Å². The molecule has 2 aromatic carbocycles. The van der Waals surface area contributed by atoms with Crippen LogP contribution in [0.4, 0.5) is 0 Å². The Kier molecular flexibility index (Phi) is 3.57. The molecule has 3 nitrogen and oxygen atoms in total. The Morgan fingerprint density at radius 3 is 2.52 bits per heavy atom. The van der Waals surface area contributed by atoms with Crippen molar-refractivity contribution < 1.29 is 0 Å². The zero-order chi connectivity index (χ0) is 15.0. The van der Waals surface area contributed by atoms with Gasteiger partial charge in [0.15, 0.2) is 5.43 Å². The van der Waals surface area contributed by atoms with Gasteiger partial charge in [-0.1, -0.05) is 24.3 Å². The molecule has 106 valence electrons. The fourth-order valence-corrected chi connectivity index (χ4v) is 3.74. The standard InChI is InChI=1S/C17H16N2OS/c1-18-17(19(2)3)12-8-6-10-14-15(12)16(20)11-7-4-5-9-13(11)21-14/h4-10,17H,1H2,2-3H3. The van der Waals surface area contributed by atoms with Gasteiger partial charge in [-0.3, -0.25) is 14.7 Å². The van der Waals surface area contributed by atoms with Gasteiger partial charge in [0.05, 0.1) is 0 Å². The van der Waals surface area contributed by atoms with Gasteiger partial charge < -0.3 is 0 Å². The summed E-state index contributed by atoms with van der Waals surface area (Å²) in [5.74, 6) is 0. The molecule has 21 heavy (non-hydrogen) atoms. The average Bonchev–Trinajstić information content (AvgIpc) is 2.48. The molecule has 0 amide bonds. The molecule has 1 atom stereocenters. The first kappa shape index (κ1) is 13.9. The topological polar surface area (TPSA) is 32.7 Å². The zero-order valence-electron chi connectivity index (χ0n) is 12.0. The van der Waals surface area contributed by atoms with Crippen molar-refractivity contribution in [1.82, 2.24) is 4.90 Å². The van der Waals surface area contributed by atoms with Crippen LogP contribution in [0.1, 0.15) is 11.7 Å². The molecule has 3 aromatic rings. The van der Waals surface area contributed by atoms with Crippen LogP contribution in [0.2, 0.25) is 0 Å². The van der Waals surface area contributed by atoms with Crippen molar-refractivity contribution in [3.05, 3.63) is 58.3 Å². The Morgan fingerprint density at radius 1 is 1.10 bits per heavy atom. The van der Waals surface area contributed by atoms with Crippen LogP contribution in [0.5, 0.6) is 0 Å². The molecule has 0 bridgehead atoms. The smallest absolute Gasteiger partial charge is 0.196 e. The molecule has 0 aliphatic carbocycles. The number of hydrogen-bond donors (Lipinski definition) is 0. The summed E-state index contributed by atoms with van der Waals surface area (Å²) in [6.45, 7) is 3.67. The lowest BCUT2D eigenvalue weighted by molar-refractivity contribution is 0.313. The lowest BCUT2D eigenvalue weighted by atomic mass is 10.1. The van der Waals surface area contributed by atoms with Crippen molar-refractivity contribution in [3.8, 4) is 0 Å². The Labute approximate surface area is 127 Å². The highest BCUT2D eigenvalue weighted by Crippen LogP contribution is 2.30. The van der Waals surface area contributed by atoms with Crippen LogP contribution in [0, 0.1) is 0 Å². The molecule has 0 spiro atoms. The number of benzene rings is 2. The second kappa shape index (κ2) is 5.39. The third-order valence-corrected chi connectivity index (χ3v) is 4.71. The third kappa shape index (κ3) is 2.26. The van der Waals surface area contributed by atoms with Crippen LogP contribution in [-0.4, -0.2) is 25.7 Å². The largest absolute Gasteiger partial charge is 0.288 e. The van der Waals surface area contributed by atoms with Crippen LogP contribution in [0.15, 0.2) is 52.3 Å². The van der Waals surface area contributed by atoms with Crippen molar-refractivity contribution >= 4 is 38.2 Å². The number of nitrogens with zero attached hydrogens (tertiary/aromatic N) is 2. The van der Waals surface area contributed by atoms with E-state index in [0.717, 1.165) is 25.7 Å². The van der Waals surface area contributed by atoms with Crippen molar-refractivity contribution in [2.75, 3.05) is 14.1 Å². The second-order valence-electron chi connectivity index (χ2n) is 5.17. The average molecular weight is 296 g/mol. The van der Waals surface area contributed by atoms with Gasteiger partial charge in [0, 0.05) is 25.7 Å². The predicted octanol–water partition coefficient (Wildman–Crippen LogP) is 3.68. The maximum Gasteiger partial charge on any atom is 0.196 e. The van der Waals surface area contributed by atoms with Crippen molar-refractivity contribution in [2.45, 2.75) is 6.17 Å². The summed E-state index contributed by atoms with van der Waals surface area (Å²) in [6, 6.07) is 13.7. The highest BCUT2D eigenvalue weighted by molar-refractivity contribution is 7.24. The van der Waals surface area contributed by atoms with Gasteiger partial charge in [-0.15, -0.1) is 11.3 Å². The fraction of sp³-hybridized carbons (Fsp3) is 0.176. The van der Waals surface area contributed by atoms with E-state index in [-0.39, 0.29) is 11.6 Å². The summed E-state index contributed by atoms with van der Waals surface area (Å²) in [4.78, 5) is 19.0. The van der Waals surface area contributed by atoms with Gasteiger partial charge in [-0.2, -0.15) is 0 Å². The minimum Gasteiger partial charge on any atom is -0.288 e. The van der Waals surface area contributed by atoms with Gasteiger partial charge in [0.2, 0.25) is 0 Å². The van der Waals surface area contributed by atoms with E-state index in [1.165, 1.54) is 0 Å². The van der Waals surface area contributed by atoms with Gasteiger partial charge in [0.1, 0.15) is 6.17 Å². The maximum atomic E-state index is 12.9.